The van der Waals surface area contributed by atoms with Crippen LogP contribution in [0.1, 0.15) is 11.1 Å². The third kappa shape index (κ3) is 6.71. The Balaban J connectivity index is 2.03. The molecule has 0 nitrogen and oxygen atoms in total. The SMILES string of the molecule is Fc1cc(SSc2ccc(CC(F)(F)F)c(F)c2)ccc1CC(F)(F)F. The van der Waals surface area contributed by atoms with Crippen molar-refractivity contribution >= 4 is 21.6 Å². The molecule has 0 fully saturated rings. The van der Waals surface area contributed by atoms with Crippen LogP contribution < -0.4 is 0 Å². The lowest BCUT2D eigenvalue weighted by atomic mass is 10.1. The Morgan fingerprint density at radius 1 is 0.615 bits per heavy atom. The van der Waals surface area contributed by atoms with Crippen LogP contribution in [0.25, 0.3) is 0 Å². The molecule has 0 spiro atoms. The van der Waals surface area contributed by atoms with E-state index in [4.69, 9.17) is 0 Å². The highest BCUT2D eigenvalue weighted by Gasteiger charge is 2.30. The Kier molecular flexibility index (Phi) is 6.49. The molecule has 0 amide bonds. The molecule has 0 heterocycles. The topological polar surface area (TPSA) is 0 Å². The molecular weight excluding hydrogens is 408 g/mol. The summed E-state index contributed by atoms with van der Waals surface area (Å²) in [5.41, 5.74) is -0.983. The fourth-order valence-electron chi connectivity index (χ4n) is 1.97. The van der Waals surface area contributed by atoms with Gasteiger partial charge in [0, 0.05) is 9.79 Å². The summed E-state index contributed by atoms with van der Waals surface area (Å²) in [6, 6.07) is 6.45. The molecule has 0 aliphatic carbocycles. The standard InChI is InChI=1S/C16H10F8S2/c17-13-5-11(3-1-9(13)7-15(19,20)21)25-26-12-4-2-10(14(18)6-12)8-16(22,23)24/h1-6H,7-8H2. The van der Waals surface area contributed by atoms with Gasteiger partial charge in [0.2, 0.25) is 0 Å². The van der Waals surface area contributed by atoms with E-state index in [0.717, 1.165) is 45.9 Å². The van der Waals surface area contributed by atoms with Crippen LogP contribution in [-0.4, -0.2) is 12.4 Å². The Bertz CT molecular complexity index is 702. The molecule has 0 aromatic heterocycles. The van der Waals surface area contributed by atoms with Gasteiger partial charge in [-0.05, 0) is 35.4 Å². The van der Waals surface area contributed by atoms with Gasteiger partial charge in [0.1, 0.15) is 11.6 Å². The van der Waals surface area contributed by atoms with Crippen LogP contribution in [0, 0.1) is 11.6 Å². The van der Waals surface area contributed by atoms with E-state index in [0.29, 0.717) is 9.79 Å². The first-order valence-electron chi connectivity index (χ1n) is 6.98. The molecule has 0 unspecified atom stereocenters. The summed E-state index contributed by atoms with van der Waals surface area (Å²) in [4.78, 5) is 0.580. The highest BCUT2D eigenvalue weighted by molar-refractivity contribution is 8.76. The summed E-state index contributed by atoms with van der Waals surface area (Å²) in [5, 5.41) is 0. The van der Waals surface area contributed by atoms with Crippen LogP contribution in [-0.2, 0) is 12.8 Å². The van der Waals surface area contributed by atoms with E-state index in [2.05, 4.69) is 0 Å². The highest BCUT2D eigenvalue weighted by atomic mass is 33.1. The highest BCUT2D eigenvalue weighted by Crippen LogP contribution is 2.39. The summed E-state index contributed by atoms with van der Waals surface area (Å²) in [6.07, 6.45) is -11.8. The first-order valence-corrected chi connectivity index (χ1v) is 9.13. The molecule has 0 saturated carbocycles. The first kappa shape index (κ1) is 20.9. The zero-order chi connectivity index (χ0) is 19.5. The second kappa shape index (κ2) is 8.08. The fourth-order valence-corrected chi connectivity index (χ4v) is 3.92. The predicted octanol–water partition coefficient (Wildman–Crippen LogP) is 6.97. The van der Waals surface area contributed by atoms with Gasteiger partial charge in [-0.1, -0.05) is 33.7 Å². The van der Waals surface area contributed by atoms with Crippen LogP contribution in [0.3, 0.4) is 0 Å². The lowest BCUT2D eigenvalue weighted by Crippen LogP contribution is -2.12. The van der Waals surface area contributed by atoms with Gasteiger partial charge in [0.25, 0.3) is 0 Å². The van der Waals surface area contributed by atoms with E-state index in [-0.39, 0.29) is 0 Å². The van der Waals surface area contributed by atoms with Gasteiger partial charge in [-0.2, -0.15) is 26.3 Å². The minimum Gasteiger partial charge on any atom is -0.207 e. The van der Waals surface area contributed by atoms with E-state index in [1.807, 2.05) is 0 Å². The Hall–Kier alpha value is -1.42. The monoisotopic (exact) mass is 418 g/mol. The number of hydrogen-bond donors (Lipinski definition) is 0. The molecule has 142 valence electrons. The van der Waals surface area contributed by atoms with Crippen molar-refractivity contribution in [3.8, 4) is 0 Å². The summed E-state index contributed by atoms with van der Waals surface area (Å²) >= 11 is 0. The van der Waals surface area contributed by atoms with Crippen molar-refractivity contribution in [3.63, 3.8) is 0 Å². The molecule has 2 rings (SSSR count). The third-order valence-electron chi connectivity index (χ3n) is 3.06. The minimum atomic E-state index is -4.53. The third-order valence-corrected chi connectivity index (χ3v) is 5.45. The van der Waals surface area contributed by atoms with Crippen molar-refractivity contribution < 1.29 is 35.1 Å². The van der Waals surface area contributed by atoms with E-state index < -0.39 is 48.0 Å². The largest absolute Gasteiger partial charge is 0.393 e. The minimum absolute atomic E-state index is 0.290. The Morgan fingerprint density at radius 3 is 1.23 bits per heavy atom. The molecule has 2 aromatic carbocycles. The Labute approximate surface area is 151 Å². The van der Waals surface area contributed by atoms with Crippen molar-refractivity contribution in [2.75, 3.05) is 0 Å². The van der Waals surface area contributed by atoms with E-state index in [9.17, 15) is 35.1 Å². The van der Waals surface area contributed by atoms with Crippen LogP contribution in [0.15, 0.2) is 46.2 Å². The second-order valence-electron chi connectivity index (χ2n) is 5.26. The van der Waals surface area contributed by atoms with E-state index in [1.165, 1.54) is 12.1 Å². The van der Waals surface area contributed by atoms with Crippen LogP contribution in [0.5, 0.6) is 0 Å². The van der Waals surface area contributed by atoms with Gasteiger partial charge in [0.05, 0.1) is 12.8 Å². The summed E-state index contributed by atoms with van der Waals surface area (Å²) in [5.74, 6) is -2.03. The average molecular weight is 418 g/mol. The van der Waals surface area contributed by atoms with Gasteiger partial charge in [-0.3, -0.25) is 0 Å². The van der Waals surface area contributed by atoms with Crippen LogP contribution >= 0.6 is 21.6 Å². The molecular formula is C16H10F8S2. The number of rotatable bonds is 5. The molecule has 2 aromatic rings. The van der Waals surface area contributed by atoms with Crippen LogP contribution in [0.4, 0.5) is 35.1 Å². The van der Waals surface area contributed by atoms with E-state index in [1.54, 1.807) is 0 Å². The summed E-state index contributed by atoms with van der Waals surface area (Å²) < 4.78 is 101. The van der Waals surface area contributed by atoms with Crippen molar-refractivity contribution in [1.29, 1.82) is 0 Å². The zero-order valence-electron chi connectivity index (χ0n) is 12.7. The van der Waals surface area contributed by atoms with E-state index >= 15 is 0 Å². The van der Waals surface area contributed by atoms with Crippen molar-refractivity contribution in [3.05, 3.63) is 59.2 Å². The normalized spacial score (nSPS) is 12.5. The molecule has 0 N–H and O–H groups in total. The van der Waals surface area contributed by atoms with Crippen molar-refractivity contribution in [2.24, 2.45) is 0 Å². The maximum Gasteiger partial charge on any atom is 0.393 e. The zero-order valence-corrected chi connectivity index (χ0v) is 14.4. The summed E-state index contributed by atoms with van der Waals surface area (Å²) in [6.45, 7) is 0. The smallest absolute Gasteiger partial charge is 0.207 e. The first-order chi connectivity index (χ1) is 11.9. The van der Waals surface area contributed by atoms with Crippen molar-refractivity contribution in [2.45, 2.75) is 35.0 Å². The van der Waals surface area contributed by atoms with Crippen molar-refractivity contribution in [1.82, 2.24) is 0 Å². The fraction of sp³-hybridized carbons (Fsp3) is 0.250. The number of alkyl halides is 6. The molecule has 0 saturated heterocycles. The van der Waals surface area contributed by atoms with Crippen LogP contribution in [0.2, 0.25) is 0 Å². The maximum atomic E-state index is 13.7. The molecule has 26 heavy (non-hydrogen) atoms. The number of benzene rings is 2. The number of halogens is 8. The van der Waals surface area contributed by atoms with Gasteiger partial charge >= 0.3 is 12.4 Å². The average Bonchev–Trinajstić information content (AvgIpc) is 2.48. The van der Waals surface area contributed by atoms with Gasteiger partial charge < -0.3 is 0 Å². The van der Waals surface area contributed by atoms with Gasteiger partial charge in [0.15, 0.2) is 0 Å². The maximum absolute atomic E-state index is 13.7. The molecule has 0 radical (unpaired) electrons. The molecule has 0 aliphatic heterocycles. The molecule has 0 bridgehead atoms. The quantitative estimate of drug-likeness (QED) is 0.380. The molecule has 0 aliphatic rings. The molecule has 0 atom stereocenters. The van der Waals surface area contributed by atoms with Gasteiger partial charge in [-0.25, -0.2) is 8.78 Å². The predicted molar refractivity (Wildman–Crippen MR) is 84.0 cm³/mol. The Morgan fingerprint density at radius 2 is 0.962 bits per heavy atom. The lowest BCUT2D eigenvalue weighted by Gasteiger charge is -2.10. The summed E-state index contributed by atoms with van der Waals surface area (Å²) in [7, 11) is 1.90. The molecule has 10 heteroatoms. The second-order valence-corrected chi connectivity index (χ2v) is 7.53. The number of hydrogen-bond acceptors (Lipinski definition) is 2. The lowest BCUT2D eigenvalue weighted by molar-refractivity contribution is -0.128. The van der Waals surface area contributed by atoms with Gasteiger partial charge in [-0.15, -0.1) is 0 Å².